The van der Waals surface area contributed by atoms with Gasteiger partial charge in [0.25, 0.3) is 0 Å². The average molecular weight is 261 g/mol. The fourth-order valence-corrected chi connectivity index (χ4v) is 2.06. The van der Waals surface area contributed by atoms with Crippen LogP contribution in [0.1, 0.15) is 0 Å². The molecule has 0 aliphatic rings. The summed E-state index contributed by atoms with van der Waals surface area (Å²) in [6.07, 6.45) is 0. The van der Waals surface area contributed by atoms with E-state index in [2.05, 4.69) is 0 Å². The number of hydrogen-bond acceptors (Lipinski definition) is 3. The van der Waals surface area contributed by atoms with Crippen LogP contribution in [0.3, 0.4) is 0 Å². The first-order valence-electron chi connectivity index (χ1n) is 6.41. The summed E-state index contributed by atoms with van der Waals surface area (Å²) in [5.41, 5.74) is 16.9. The number of nitrogen functional groups attached to an aromatic ring is 2. The molecular formula is C17H15N3. The molecule has 0 aliphatic heterocycles. The molecule has 0 bridgehead atoms. The van der Waals surface area contributed by atoms with Gasteiger partial charge in [0.05, 0.1) is 11.4 Å². The number of anilines is 2. The van der Waals surface area contributed by atoms with Crippen LogP contribution in [-0.4, -0.2) is 4.98 Å². The van der Waals surface area contributed by atoms with Gasteiger partial charge in [0.2, 0.25) is 0 Å². The van der Waals surface area contributed by atoms with Crippen molar-refractivity contribution in [3.8, 4) is 22.5 Å². The van der Waals surface area contributed by atoms with Gasteiger partial charge in [0.15, 0.2) is 0 Å². The molecule has 1 heterocycles. The SMILES string of the molecule is Nc1ccc(-c2cccc(-c3ccc(N)cc3)n2)cc1. The summed E-state index contributed by atoms with van der Waals surface area (Å²) in [7, 11) is 0. The van der Waals surface area contributed by atoms with Gasteiger partial charge in [-0.1, -0.05) is 30.3 Å². The van der Waals surface area contributed by atoms with Crippen molar-refractivity contribution in [2.45, 2.75) is 0 Å². The van der Waals surface area contributed by atoms with Crippen molar-refractivity contribution in [1.29, 1.82) is 0 Å². The second-order valence-corrected chi connectivity index (χ2v) is 4.65. The molecule has 0 amide bonds. The quantitative estimate of drug-likeness (QED) is 0.693. The maximum absolute atomic E-state index is 5.71. The molecule has 0 fully saturated rings. The third kappa shape index (κ3) is 2.47. The van der Waals surface area contributed by atoms with Crippen molar-refractivity contribution < 1.29 is 0 Å². The lowest BCUT2D eigenvalue weighted by Crippen LogP contribution is -1.90. The predicted molar refractivity (Wildman–Crippen MR) is 83.9 cm³/mol. The van der Waals surface area contributed by atoms with E-state index >= 15 is 0 Å². The van der Waals surface area contributed by atoms with Gasteiger partial charge in [-0.3, -0.25) is 0 Å². The van der Waals surface area contributed by atoms with Crippen molar-refractivity contribution in [3.63, 3.8) is 0 Å². The van der Waals surface area contributed by atoms with Crippen LogP contribution >= 0.6 is 0 Å². The minimum absolute atomic E-state index is 0.753. The number of nitrogens with two attached hydrogens (primary N) is 2. The van der Waals surface area contributed by atoms with Crippen LogP contribution in [0.25, 0.3) is 22.5 Å². The molecule has 0 radical (unpaired) electrons. The third-order valence-corrected chi connectivity index (χ3v) is 3.16. The molecular weight excluding hydrogens is 246 g/mol. The van der Waals surface area contributed by atoms with E-state index in [0.29, 0.717) is 0 Å². The Kier molecular flexibility index (Phi) is 3.09. The van der Waals surface area contributed by atoms with E-state index in [-0.39, 0.29) is 0 Å². The van der Waals surface area contributed by atoms with Gasteiger partial charge in [-0.25, -0.2) is 4.98 Å². The van der Waals surface area contributed by atoms with Crippen molar-refractivity contribution >= 4 is 11.4 Å². The topological polar surface area (TPSA) is 64.9 Å². The lowest BCUT2D eigenvalue weighted by atomic mass is 10.1. The lowest BCUT2D eigenvalue weighted by Gasteiger charge is -2.06. The van der Waals surface area contributed by atoms with E-state index in [1.807, 2.05) is 66.7 Å². The Morgan fingerprint density at radius 1 is 0.550 bits per heavy atom. The fourth-order valence-electron chi connectivity index (χ4n) is 2.06. The summed E-state index contributed by atoms with van der Waals surface area (Å²) in [4.78, 5) is 4.69. The molecule has 3 nitrogen and oxygen atoms in total. The Bertz CT molecular complexity index is 655. The average Bonchev–Trinajstić information content (AvgIpc) is 2.49. The maximum atomic E-state index is 5.71. The van der Waals surface area contributed by atoms with Crippen molar-refractivity contribution in [1.82, 2.24) is 4.98 Å². The number of hydrogen-bond donors (Lipinski definition) is 2. The monoisotopic (exact) mass is 261 g/mol. The predicted octanol–water partition coefficient (Wildman–Crippen LogP) is 3.58. The fraction of sp³-hybridized carbons (Fsp3) is 0. The zero-order chi connectivity index (χ0) is 13.9. The number of aromatic nitrogens is 1. The molecule has 1 aromatic heterocycles. The Morgan fingerprint density at radius 3 is 1.35 bits per heavy atom. The van der Waals surface area contributed by atoms with Gasteiger partial charge in [0.1, 0.15) is 0 Å². The minimum Gasteiger partial charge on any atom is -0.399 e. The van der Waals surface area contributed by atoms with Crippen LogP contribution in [0.4, 0.5) is 11.4 Å². The normalized spacial score (nSPS) is 10.4. The maximum Gasteiger partial charge on any atom is 0.0709 e. The largest absolute Gasteiger partial charge is 0.399 e. The van der Waals surface area contributed by atoms with E-state index in [9.17, 15) is 0 Å². The highest BCUT2D eigenvalue weighted by Crippen LogP contribution is 2.23. The first kappa shape index (κ1) is 12.2. The summed E-state index contributed by atoms with van der Waals surface area (Å²) in [5, 5.41) is 0. The number of pyridine rings is 1. The van der Waals surface area contributed by atoms with Gasteiger partial charge in [-0.05, 0) is 36.4 Å². The molecule has 0 spiro atoms. The number of benzene rings is 2. The van der Waals surface area contributed by atoms with Gasteiger partial charge < -0.3 is 11.5 Å². The minimum atomic E-state index is 0.753. The van der Waals surface area contributed by atoms with Crippen LogP contribution in [0.2, 0.25) is 0 Å². The zero-order valence-electron chi connectivity index (χ0n) is 11.0. The first-order chi connectivity index (χ1) is 9.72. The number of nitrogens with zero attached hydrogens (tertiary/aromatic N) is 1. The third-order valence-electron chi connectivity index (χ3n) is 3.16. The summed E-state index contributed by atoms with van der Waals surface area (Å²) in [6, 6.07) is 21.4. The highest BCUT2D eigenvalue weighted by molar-refractivity contribution is 5.68. The van der Waals surface area contributed by atoms with E-state index in [1.54, 1.807) is 0 Å². The zero-order valence-corrected chi connectivity index (χ0v) is 11.0. The molecule has 20 heavy (non-hydrogen) atoms. The molecule has 4 N–H and O–H groups in total. The van der Waals surface area contributed by atoms with Gasteiger partial charge in [-0.15, -0.1) is 0 Å². The Labute approximate surface area is 117 Å². The van der Waals surface area contributed by atoms with Crippen LogP contribution in [0.15, 0.2) is 66.7 Å². The Hall–Kier alpha value is -2.81. The lowest BCUT2D eigenvalue weighted by molar-refractivity contribution is 1.32. The summed E-state index contributed by atoms with van der Waals surface area (Å²) < 4.78 is 0. The second kappa shape index (κ2) is 5.05. The van der Waals surface area contributed by atoms with E-state index in [1.165, 1.54) is 0 Å². The van der Waals surface area contributed by atoms with E-state index in [0.717, 1.165) is 33.9 Å². The smallest absolute Gasteiger partial charge is 0.0709 e. The van der Waals surface area contributed by atoms with Crippen LogP contribution in [-0.2, 0) is 0 Å². The molecule has 3 aromatic rings. The Balaban J connectivity index is 2.01. The molecule has 0 aliphatic carbocycles. The summed E-state index contributed by atoms with van der Waals surface area (Å²) in [6.45, 7) is 0. The molecule has 98 valence electrons. The van der Waals surface area contributed by atoms with E-state index in [4.69, 9.17) is 16.5 Å². The molecule has 3 heteroatoms. The molecule has 0 saturated heterocycles. The van der Waals surface area contributed by atoms with Gasteiger partial charge in [-0.2, -0.15) is 0 Å². The summed E-state index contributed by atoms with van der Waals surface area (Å²) >= 11 is 0. The van der Waals surface area contributed by atoms with Gasteiger partial charge in [0, 0.05) is 22.5 Å². The van der Waals surface area contributed by atoms with Crippen molar-refractivity contribution in [3.05, 3.63) is 66.7 Å². The highest BCUT2D eigenvalue weighted by Gasteiger charge is 2.03. The van der Waals surface area contributed by atoms with Crippen molar-refractivity contribution in [2.24, 2.45) is 0 Å². The Morgan fingerprint density at radius 2 is 0.950 bits per heavy atom. The molecule has 0 atom stereocenters. The van der Waals surface area contributed by atoms with Crippen LogP contribution < -0.4 is 11.5 Å². The van der Waals surface area contributed by atoms with E-state index < -0.39 is 0 Å². The summed E-state index contributed by atoms with van der Waals surface area (Å²) in [5.74, 6) is 0. The number of rotatable bonds is 2. The second-order valence-electron chi connectivity index (χ2n) is 4.65. The molecule has 0 saturated carbocycles. The van der Waals surface area contributed by atoms with Crippen LogP contribution in [0, 0.1) is 0 Å². The highest BCUT2D eigenvalue weighted by atomic mass is 14.7. The molecule has 0 unspecified atom stereocenters. The standard InChI is InChI=1S/C17H15N3/c18-14-8-4-12(5-9-14)16-2-1-3-17(20-16)13-6-10-15(19)11-7-13/h1-11H,18-19H2. The molecule has 2 aromatic carbocycles. The first-order valence-corrected chi connectivity index (χ1v) is 6.41. The van der Waals surface area contributed by atoms with Crippen molar-refractivity contribution in [2.75, 3.05) is 11.5 Å². The van der Waals surface area contributed by atoms with Gasteiger partial charge >= 0.3 is 0 Å². The van der Waals surface area contributed by atoms with Crippen LogP contribution in [0.5, 0.6) is 0 Å². The molecule has 3 rings (SSSR count).